The van der Waals surface area contributed by atoms with Crippen molar-refractivity contribution in [2.45, 2.75) is 39.2 Å². The summed E-state index contributed by atoms with van der Waals surface area (Å²) in [7, 11) is -2.02. The number of esters is 1. The van der Waals surface area contributed by atoms with Crippen molar-refractivity contribution in [2.24, 2.45) is 16.8 Å². The number of likely N-dealkylation sites (tertiary alicyclic amines) is 1. The van der Waals surface area contributed by atoms with Crippen LogP contribution in [0.4, 0.5) is 0 Å². The molecule has 0 spiro atoms. The van der Waals surface area contributed by atoms with E-state index in [9.17, 15) is 13.2 Å². The summed E-state index contributed by atoms with van der Waals surface area (Å²) in [5, 5.41) is 3.18. The largest absolute Gasteiger partial charge is 0.469 e. The molecule has 9 nitrogen and oxygen atoms in total. The second kappa shape index (κ2) is 11.0. The van der Waals surface area contributed by atoms with Crippen LogP contribution in [0, 0.1) is 11.8 Å². The number of hydrogen-bond acceptors (Lipinski definition) is 6. The summed E-state index contributed by atoms with van der Waals surface area (Å²) >= 11 is 0. The van der Waals surface area contributed by atoms with Crippen LogP contribution in [0.2, 0.25) is 0 Å². The number of rotatable bonds is 8. The number of carbonyl (C=O) groups excluding carboxylic acids is 1. The smallest absolute Gasteiger partial charge is 0.310 e. The number of aliphatic imine (C=N–C) groups is 1. The number of sulfonamides is 1. The van der Waals surface area contributed by atoms with Gasteiger partial charge >= 0.3 is 5.97 Å². The summed E-state index contributed by atoms with van der Waals surface area (Å²) in [6, 6.07) is 0. The molecule has 2 N–H and O–H groups in total. The van der Waals surface area contributed by atoms with Crippen molar-refractivity contribution in [3.05, 3.63) is 0 Å². The zero-order valence-electron chi connectivity index (χ0n) is 17.1. The van der Waals surface area contributed by atoms with Crippen molar-refractivity contribution in [3.8, 4) is 0 Å². The fraction of sp³-hybridized carbons (Fsp3) is 0.889. The Morgan fingerprint density at radius 1 is 1.32 bits per heavy atom. The molecule has 0 aliphatic carbocycles. The van der Waals surface area contributed by atoms with Crippen molar-refractivity contribution in [1.82, 2.24) is 14.9 Å². The fourth-order valence-corrected chi connectivity index (χ4v) is 4.47. The average molecular weight is 419 g/mol. The summed E-state index contributed by atoms with van der Waals surface area (Å²) in [5.74, 6) is 0.277. The molecular formula is C18H34N4O5S. The zero-order valence-corrected chi connectivity index (χ0v) is 18.0. The highest BCUT2D eigenvalue weighted by Gasteiger charge is 2.36. The Bertz CT molecular complexity index is 634. The molecule has 2 fully saturated rings. The van der Waals surface area contributed by atoms with Crippen LogP contribution >= 0.6 is 0 Å². The standard InChI is InChI=1S/C18H34N4O5S/c1-4-19-18(22-12-14(2)16(13-22)17(23)26-3)20-8-10-28(24,25)21-11-15-7-5-6-9-27-15/h14-16,21H,4-13H2,1-3H3,(H,19,20). The first-order chi connectivity index (χ1) is 13.4. The molecule has 28 heavy (non-hydrogen) atoms. The second-order valence-electron chi connectivity index (χ2n) is 7.40. The molecule has 0 aromatic carbocycles. The van der Waals surface area contributed by atoms with Gasteiger partial charge in [-0.1, -0.05) is 6.92 Å². The van der Waals surface area contributed by atoms with Crippen LogP contribution in [0.5, 0.6) is 0 Å². The minimum Gasteiger partial charge on any atom is -0.469 e. The van der Waals surface area contributed by atoms with Gasteiger partial charge in [-0.2, -0.15) is 0 Å². The summed E-state index contributed by atoms with van der Waals surface area (Å²) in [4.78, 5) is 18.3. The van der Waals surface area contributed by atoms with E-state index in [1.807, 2.05) is 18.7 Å². The minimum absolute atomic E-state index is 0.0364. The monoisotopic (exact) mass is 418 g/mol. The van der Waals surface area contributed by atoms with E-state index in [2.05, 4.69) is 15.0 Å². The number of guanidine groups is 1. The van der Waals surface area contributed by atoms with Gasteiger partial charge in [0.15, 0.2) is 5.96 Å². The van der Waals surface area contributed by atoms with Crippen molar-refractivity contribution in [2.75, 3.05) is 52.2 Å². The number of ether oxygens (including phenoxy) is 2. The summed E-state index contributed by atoms with van der Waals surface area (Å²) in [6.07, 6.45) is 2.96. The maximum atomic E-state index is 12.2. The molecule has 3 atom stereocenters. The molecule has 2 rings (SSSR count). The number of hydrogen-bond donors (Lipinski definition) is 2. The molecular weight excluding hydrogens is 384 g/mol. The molecule has 0 radical (unpaired) electrons. The molecule has 162 valence electrons. The van der Waals surface area contributed by atoms with E-state index in [1.165, 1.54) is 7.11 Å². The van der Waals surface area contributed by atoms with E-state index in [-0.39, 0.29) is 36.2 Å². The van der Waals surface area contributed by atoms with Crippen molar-refractivity contribution in [1.29, 1.82) is 0 Å². The van der Waals surface area contributed by atoms with Gasteiger partial charge in [0.1, 0.15) is 0 Å². The van der Waals surface area contributed by atoms with Crippen LogP contribution in [0.3, 0.4) is 0 Å². The Hall–Kier alpha value is -1.39. The SMILES string of the molecule is CCNC(=NCCS(=O)(=O)NCC1CCCCO1)N1CC(C)C(C(=O)OC)C1. The minimum atomic E-state index is -3.41. The average Bonchev–Trinajstić information content (AvgIpc) is 3.07. The maximum Gasteiger partial charge on any atom is 0.310 e. The summed E-state index contributed by atoms with van der Waals surface area (Å²) < 4.78 is 37.5. The molecule has 2 aliphatic heterocycles. The molecule has 2 heterocycles. The lowest BCUT2D eigenvalue weighted by Crippen LogP contribution is -2.41. The zero-order chi connectivity index (χ0) is 20.6. The molecule has 10 heteroatoms. The van der Waals surface area contributed by atoms with Gasteiger partial charge in [-0.3, -0.25) is 9.79 Å². The third-order valence-electron chi connectivity index (χ3n) is 5.18. The fourth-order valence-electron chi connectivity index (χ4n) is 3.56. The quantitative estimate of drug-likeness (QED) is 0.329. The van der Waals surface area contributed by atoms with Crippen LogP contribution in [0.1, 0.15) is 33.1 Å². The lowest BCUT2D eigenvalue weighted by Gasteiger charge is -2.23. The van der Waals surface area contributed by atoms with Crippen LogP contribution in [-0.4, -0.2) is 83.5 Å². The molecule has 0 aromatic heterocycles. The Kier molecular flexibility index (Phi) is 8.97. The summed E-state index contributed by atoms with van der Waals surface area (Å²) in [5.41, 5.74) is 0. The third kappa shape index (κ3) is 6.89. The van der Waals surface area contributed by atoms with E-state index in [0.29, 0.717) is 38.7 Å². The predicted octanol–water partition coefficient (Wildman–Crippen LogP) is 0.181. The lowest BCUT2D eigenvalue weighted by atomic mass is 9.99. The van der Waals surface area contributed by atoms with Crippen LogP contribution in [-0.2, 0) is 24.3 Å². The van der Waals surface area contributed by atoms with E-state index in [4.69, 9.17) is 9.47 Å². The van der Waals surface area contributed by atoms with Gasteiger partial charge in [0.25, 0.3) is 0 Å². The normalized spacial score (nSPS) is 26.3. The van der Waals surface area contributed by atoms with Gasteiger partial charge in [-0.25, -0.2) is 13.1 Å². The first kappa shape index (κ1) is 22.9. The van der Waals surface area contributed by atoms with Gasteiger partial charge < -0.3 is 19.7 Å². The third-order valence-corrected chi connectivity index (χ3v) is 6.50. The molecule has 2 saturated heterocycles. The van der Waals surface area contributed by atoms with E-state index < -0.39 is 10.0 Å². The van der Waals surface area contributed by atoms with Crippen molar-refractivity contribution in [3.63, 3.8) is 0 Å². The van der Waals surface area contributed by atoms with Crippen molar-refractivity contribution >= 4 is 22.0 Å². The number of nitrogens with zero attached hydrogens (tertiary/aromatic N) is 2. The summed E-state index contributed by atoms with van der Waals surface area (Å²) in [6.45, 7) is 6.98. The van der Waals surface area contributed by atoms with Gasteiger partial charge in [-0.15, -0.1) is 0 Å². The van der Waals surface area contributed by atoms with Gasteiger partial charge in [-0.05, 0) is 32.1 Å². The Labute approximate surface area is 168 Å². The van der Waals surface area contributed by atoms with Gasteiger partial charge in [0, 0.05) is 32.8 Å². The number of methoxy groups -OCH3 is 1. The maximum absolute atomic E-state index is 12.2. The van der Waals surface area contributed by atoms with Crippen LogP contribution < -0.4 is 10.0 Å². The van der Waals surface area contributed by atoms with Gasteiger partial charge in [0.05, 0.1) is 31.4 Å². The van der Waals surface area contributed by atoms with Crippen LogP contribution in [0.25, 0.3) is 0 Å². The van der Waals surface area contributed by atoms with E-state index in [0.717, 1.165) is 19.3 Å². The topological polar surface area (TPSA) is 109 Å². The Morgan fingerprint density at radius 2 is 2.11 bits per heavy atom. The number of carbonyl (C=O) groups is 1. The Balaban J connectivity index is 1.87. The highest BCUT2D eigenvalue weighted by Crippen LogP contribution is 2.24. The first-order valence-electron chi connectivity index (χ1n) is 10.1. The second-order valence-corrected chi connectivity index (χ2v) is 9.33. The van der Waals surface area contributed by atoms with Crippen molar-refractivity contribution < 1.29 is 22.7 Å². The van der Waals surface area contributed by atoms with Crippen LogP contribution in [0.15, 0.2) is 4.99 Å². The lowest BCUT2D eigenvalue weighted by molar-refractivity contribution is -0.145. The highest BCUT2D eigenvalue weighted by atomic mass is 32.2. The number of nitrogens with one attached hydrogen (secondary N) is 2. The van der Waals surface area contributed by atoms with Gasteiger partial charge in [0.2, 0.25) is 10.0 Å². The molecule has 0 bridgehead atoms. The molecule has 3 unspecified atom stereocenters. The molecule has 0 saturated carbocycles. The predicted molar refractivity (Wildman–Crippen MR) is 108 cm³/mol. The first-order valence-corrected chi connectivity index (χ1v) is 11.7. The molecule has 0 aromatic rings. The Morgan fingerprint density at radius 3 is 2.75 bits per heavy atom. The van der Waals surface area contributed by atoms with E-state index >= 15 is 0 Å². The molecule has 0 amide bonds. The van der Waals surface area contributed by atoms with E-state index in [1.54, 1.807) is 0 Å². The highest BCUT2D eigenvalue weighted by molar-refractivity contribution is 7.89. The molecule has 2 aliphatic rings.